The molecule has 20 heavy (non-hydrogen) atoms. The van der Waals surface area contributed by atoms with Gasteiger partial charge in [0.25, 0.3) is 5.91 Å². The Morgan fingerprint density at radius 3 is 2.50 bits per heavy atom. The zero-order chi connectivity index (χ0) is 14.5. The molecule has 0 spiro atoms. The van der Waals surface area contributed by atoms with Crippen molar-refractivity contribution in [3.05, 3.63) is 28.5 Å². The highest BCUT2D eigenvalue weighted by atomic mass is 79.9. The summed E-state index contributed by atoms with van der Waals surface area (Å²) in [4.78, 5) is 30.7. The van der Waals surface area contributed by atoms with E-state index in [0.717, 1.165) is 0 Å². The van der Waals surface area contributed by atoms with Crippen LogP contribution in [0.25, 0.3) is 0 Å². The lowest BCUT2D eigenvalue weighted by Gasteiger charge is -2.34. The number of pyridine rings is 1. The highest BCUT2D eigenvalue weighted by Crippen LogP contribution is 2.11. The van der Waals surface area contributed by atoms with Crippen LogP contribution < -0.4 is 0 Å². The Hall–Kier alpha value is -1.47. The first-order valence-corrected chi connectivity index (χ1v) is 7.20. The maximum Gasteiger partial charge on any atom is 0.304 e. The summed E-state index contributed by atoms with van der Waals surface area (Å²) < 4.78 is 0.701. The second-order valence-electron chi connectivity index (χ2n) is 4.65. The fraction of sp³-hybridized carbons (Fsp3) is 0.462. The first kappa shape index (κ1) is 14.9. The number of aromatic nitrogens is 1. The molecule has 1 aromatic rings. The Kier molecular flexibility index (Phi) is 5.08. The molecule has 0 saturated carbocycles. The van der Waals surface area contributed by atoms with Crippen molar-refractivity contribution < 1.29 is 14.7 Å². The third-order valence-corrected chi connectivity index (χ3v) is 3.74. The molecule has 0 radical (unpaired) electrons. The van der Waals surface area contributed by atoms with Gasteiger partial charge in [-0.1, -0.05) is 0 Å². The van der Waals surface area contributed by atoms with E-state index in [0.29, 0.717) is 42.9 Å². The third kappa shape index (κ3) is 4.01. The van der Waals surface area contributed by atoms with Crippen LogP contribution in [0.4, 0.5) is 0 Å². The van der Waals surface area contributed by atoms with E-state index < -0.39 is 5.97 Å². The minimum atomic E-state index is -0.788. The number of halogens is 1. The third-order valence-electron chi connectivity index (χ3n) is 3.28. The maximum atomic E-state index is 12.2. The van der Waals surface area contributed by atoms with Crippen molar-refractivity contribution in [3.8, 4) is 0 Å². The number of amides is 1. The van der Waals surface area contributed by atoms with Crippen LogP contribution in [0, 0.1) is 0 Å². The highest BCUT2D eigenvalue weighted by Gasteiger charge is 2.22. The summed E-state index contributed by atoms with van der Waals surface area (Å²) in [5.41, 5.74) is 0.576. The molecule has 7 heteroatoms. The molecular weight excluding hydrogens is 326 g/mol. The summed E-state index contributed by atoms with van der Waals surface area (Å²) in [5.74, 6) is -0.813. The van der Waals surface area contributed by atoms with Crippen LogP contribution in [-0.4, -0.2) is 64.5 Å². The van der Waals surface area contributed by atoms with Gasteiger partial charge in [-0.05, 0) is 28.1 Å². The number of aliphatic carboxylic acids is 1. The zero-order valence-electron chi connectivity index (χ0n) is 11.0. The van der Waals surface area contributed by atoms with Gasteiger partial charge in [-0.25, -0.2) is 4.98 Å². The number of carbonyl (C=O) groups excluding carboxylic acids is 1. The Bertz CT molecular complexity index is 484. The number of carboxylic acids is 1. The lowest BCUT2D eigenvalue weighted by atomic mass is 10.2. The van der Waals surface area contributed by atoms with Crippen molar-refractivity contribution in [2.75, 3.05) is 32.7 Å². The van der Waals surface area contributed by atoms with E-state index in [1.807, 2.05) is 0 Å². The molecule has 1 fully saturated rings. The smallest absolute Gasteiger partial charge is 0.304 e. The molecular formula is C13H16BrN3O3. The van der Waals surface area contributed by atoms with Gasteiger partial charge in [-0.2, -0.15) is 0 Å². The second-order valence-corrected chi connectivity index (χ2v) is 5.46. The predicted molar refractivity (Wildman–Crippen MR) is 76.5 cm³/mol. The molecule has 1 aromatic heterocycles. The van der Waals surface area contributed by atoms with Crippen LogP contribution in [0.5, 0.6) is 0 Å². The van der Waals surface area contributed by atoms with Crippen molar-refractivity contribution >= 4 is 27.8 Å². The van der Waals surface area contributed by atoms with Crippen LogP contribution in [0.1, 0.15) is 16.8 Å². The molecule has 0 bridgehead atoms. The number of hydrogen-bond acceptors (Lipinski definition) is 4. The number of piperazine rings is 1. The molecule has 0 aliphatic carbocycles. The monoisotopic (exact) mass is 341 g/mol. The van der Waals surface area contributed by atoms with Crippen molar-refractivity contribution in [1.29, 1.82) is 0 Å². The molecule has 1 aliphatic heterocycles. The summed E-state index contributed by atoms with van der Waals surface area (Å²) >= 11 is 3.24. The molecule has 108 valence electrons. The molecule has 6 nitrogen and oxygen atoms in total. The van der Waals surface area contributed by atoms with E-state index >= 15 is 0 Å². The molecule has 2 heterocycles. The van der Waals surface area contributed by atoms with Gasteiger partial charge in [0.1, 0.15) is 4.60 Å². The molecule has 0 aromatic carbocycles. The normalized spacial score (nSPS) is 16.1. The van der Waals surface area contributed by atoms with E-state index in [1.165, 1.54) is 0 Å². The molecule has 2 rings (SSSR count). The van der Waals surface area contributed by atoms with Gasteiger partial charge in [0.2, 0.25) is 0 Å². The number of rotatable bonds is 4. The van der Waals surface area contributed by atoms with Gasteiger partial charge in [-0.3, -0.25) is 14.5 Å². The van der Waals surface area contributed by atoms with Crippen molar-refractivity contribution in [3.63, 3.8) is 0 Å². The minimum Gasteiger partial charge on any atom is -0.481 e. The molecule has 1 amide bonds. The average Bonchev–Trinajstić information content (AvgIpc) is 2.46. The van der Waals surface area contributed by atoms with Crippen LogP contribution >= 0.6 is 15.9 Å². The Morgan fingerprint density at radius 2 is 1.95 bits per heavy atom. The lowest BCUT2D eigenvalue weighted by molar-refractivity contribution is -0.137. The number of hydrogen-bond donors (Lipinski definition) is 1. The summed E-state index contributed by atoms with van der Waals surface area (Å²) in [5, 5.41) is 8.65. The Labute approximate surface area is 125 Å². The topological polar surface area (TPSA) is 73.7 Å². The summed E-state index contributed by atoms with van der Waals surface area (Å²) in [6.45, 7) is 3.20. The van der Waals surface area contributed by atoms with Crippen LogP contribution in [0.3, 0.4) is 0 Å². The molecule has 0 unspecified atom stereocenters. The van der Waals surface area contributed by atoms with E-state index in [9.17, 15) is 9.59 Å². The molecule has 1 aliphatic rings. The van der Waals surface area contributed by atoms with Gasteiger partial charge in [0.15, 0.2) is 0 Å². The van der Waals surface area contributed by atoms with Gasteiger partial charge in [0.05, 0.1) is 12.0 Å². The van der Waals surface area contributed by atoms with E-state index in [1.54, 1.807) is 23.2 Å². The van der Waals surface area contributed by atoms with Crippen molar-refractivity contribution in [2.45, 2.75) is 6.42 Å². The number of carboxylic acid groups (broad SMARTS) is 1. The largest absolute Gasteiger partial charge is 0.481 e. The summed E-state index contributed by atoms with van der Waals surface area (Å²) in [7, 11) is 0. The lowest BCUT2D eigenvalue weighted by Crippen LogP contribution is -2.49. The van der Waals surface area contributed by atoms with E-state index in [4.69, 9.17) is 5.11 Å². The van der Waals surface area contributed by atoms with Crippen LogP contribution in [0.15, 0.2) is 22.9 Å². The Morgan fingerprint density at radius 1 is 1.25 bits per heavy atom. The standard InChI is InChI=1S/C13H16BrN3O3/c14-11-2-1-10(9-15-11)13(20)17-7-5-16(6-8-17)4-3-12(18)19/h1-2,9H,3-8H2,(H,18,19). The molecule has 1 saturated heterocycles. The van der Waals surface area contributed by atoms with E-state index in [2.05, 4.69) is 25.8 Å². The van der Waals surface area contributed by atoms with Gasteiger partial charge in [0, 0.05) is 38.9 Å². The van der Waals surface area contributed by atoms with Crippen LogP contribution in [-0.2, 0) is 4.79 Å². The second kappa shape index (κ2) is 6.81. The van der Waals surface area contributed by atoms with Crippen molar-refractivity contribution in [2.24, 2.45) is 0 Å². The van der Waals surface area contributed by atoms with Gasteiger partial charge >= 0.3 is 5.97 Å². The van der Waals surface area contributed by atoms with Gasteiger partial charge < -0.3 is 10.0 Å². The molecule has 0 atom stereocenters. The number of nitrogens with zero attached hydrogens (tertiary/aromatic N) is 3. The zero-order valence-corrected chi connectivity index (χ0v) is 12.5. The quantitative estimate of drug-likeness (QED) is 0.829. The fourth-order valence-corrected chi connectivity index (χ4v) is 2.35. The minimum absolute atomic E-state index is 0.0251. The van der Waals surface area contributed by atoms with E-state index in [-0.39, 0.29) is 12.3 Å². The average molecular weight is 342 g/mol. The summed E-state index contributed by atoms with van der Waals surface area (Å²) in [6.07, 6.45) is 1.70. The summed E-state index contributed by atoms with van der Waals surface area (Å²) in [6, 6.07) is 3.49. The first-order chi connectivity index (χ1) is 9.56. The van der Waals surface area contributed by atoms with Crippen molar-refractivity contribution in [1.82, 2.24) is 14.8 Å². The number of carbonyl (C=O) groups is 2. The Balaban J connectivity index is 1.85. The van der Waals surface area contributed by atoms with Gasteiger partial charge in [-0.15, -0.1) is 0 Å². The first-order valence-electron chi connectivity index (χ1n) is 6.41. The molecule has 1 N–H and O–H groups in total. The van der Waals surface area contributed by atoms with Crippen LogP contribution in [0.2, 0.25) is 0 Å². The predicted octanol–water partition coefficient (Wildman–Crippen LogP) is 1.08. The highest BCUT2D eigenvalue weighted by molar-refractivity contribution is 9.10. The maximum absolute atomic E-state index is 12.2. The fourth-order valence-electron chi connectivity index (χ4n) is 2.11. The SMILES string of the molecule is O=C(O)CCN1CCN(C(=O)c2ccc(Br)nc2)CC1.